The first-order valence-electron chi connectivity index (χ1n) is 7.05. The number of benzene rings is 1. The number of ether oxygens (including phenoxy) is 1. The van der Waals surface area contributed by atoms with Crippen molar-refractivity contribution in [2.45, 2.75) is 39.3 Å². The minimum atomic E-state index is -0.606. The van der Waals surface area contributed by atoms with Crippen LogP contribution in [-0.4, -0.2) is 16.7 Å². The quantitative estimate of drug-likeness (QED) is 0.603. The van der Waals surface area contributed by atoms with E-state index in [-0.39, 0.29) is 0 Å². The predicted molar refractivity (Wildman–Crippen MR) is 96.6 cm³/mol. The molecule has 2 N–H and O–H groups in total. The van der Waals surface area contributed by atoms with Gasteiger partial charge in [-0.15, -0.1) is 0 Å². The highest BCUT2D eigenvalue weighted by Crippen LogP contribution is 2.36. The summed E-state index contributed by atoms with van der Waals surface area (Å²) in [4.78, 5) is 12.6. The number of carbonyl (C=O) groups is 1. The lowest BCUT2D eigenvalue weighted by Gasteiger charge is -2.32. The Balaban J connectivity index is 2.51. The van der Waals surface area contributed by atoms with Crippen LogP contribution in [0.15, 0.2) is 29.5 Å². The topological polar surface area (TPSA) is 50.4 Å². The second-order valence-corrected chi connectivity index (χ2v) is 7.41. The van der Waals surface area contributed by atoms with Gasteiger partial charge in [-0.05, 0) is 51.5 Å². The lowest BCUT2D eigenvalue weighted by molar-refractivity contribution is -0.150. The van der Waals surface area contributed by atoms with E-state index in [0.717, 1.165) is 0 Å². The summed E-state index contributed by atoms with van der Waals surface area (Å²) in [6, 6.07) is 4.75. The summed E-state index contributed by atoms with van der Waals surface area (Å²) in [5.74, 6) is -0.432. The van der Waals surface area contributed by atoms with Gasteiger partial charge in [0.2, 0.25) is 0 Å². The molecule has 7 heteroatoms. The van der Waals surface area contributed by atoms with Crippen LogP contribution in [0.25, 0.3) is 0 Å². The maximum absolute atomic E-state index is 12.6. The molecule has 0 amide bonds. The molecule has 1 unspecified atom stereocenters. The molecule has 1 aliphatic rings. The number of hydrogen-bond donors (Lipinski definition) is 2. The number of carbonyl (C=O) groups excluding carboxylic acids is 1. The van der Waals surface area contributed by atoms with Crippen LogP contribution in [0, 0.1) is 0 Å². The van der Waals surface area contributed by atoms with Crippen molar-refractivity contribution in [2.24, 2.45) is 0 Å². The Morgan fingerprint density at radius 2 is 1.96 bits per heavy atom. The van der Waals surface area contributed by atoms with Crippen LogP contribution in [0.5, 0.6) is 0 Å². The van der Waals surface area contributed by atoms with Crippen molar-refractivity contribution < 1.29 is 9.53 Å². The van der Waals surface area contributed by atoms with Gasteiger partial charge < -0.3 is 15.4 Å². The average Bonchev–Trinajstić information content (AvgIpc) is 2.38. The third-order valence-corrected chi connectivity index (χ3v) is 4.23. The molecule has 23 heavy (non-hydrogen) atoms. The number of thiocarbonyl (C=S) groups is 1. The van der Waals surface area contributed by atoms with Crippen LogP contribution >= 0.6 is 35.4 Å². The second kappa shape index (κ2) is 6.67. The summed E-state index contributed by atoms with van der Waals surface area (Å²) in [7, 11) is 0. The molecule has 0 aromatic heterocycles. The normalized spacial score (nSPS) is 18.3. The van der Waals surface area contributed by atoms with Gasteiger partial charge in [-0.3, -0.25) is 0 Å². The van der Waals surface area contributed by atoms with Gasteiger partial charge in [0.25, 0.3) is 0 Å². The predicted octanol–water partition coefficient (Wildman–Crippen LogP) is 4.13. The number of esters is 1. The summed E-state index contributed by atoms with van der Waals surface area (Å²) < 4.78 is 5.51. The van der Waals surface area contributed by atoms with Crippen LogP contribution < -0.4 is 10.6 Å². The van der Waals surface area contributed by atoms with Gasteiger partial charge in [-0.1, -0.05) is 35.3 Å². The maximum atomic E-state index is 12.6. The number of rotatable bonds is 2. The van der Waals surface area contributed by atoms with E-state index >= 15 is 0 Å². The van der Waals surface area contributed by atoms with Gasteiger partial charge in [-0.25, -0.2) is 4.79 Å². The van der Waals surface area contributed by atoms with E-state index in [4.69, 9.17) is 40.2 Å². The fourth-order valence-electron chi connectivity index (χ4n) is 2.27. The van der Waals surface area contributed by atoms with Crippen molar-refractivity contribution in [3.05, 3.63) is 45.1 Å². The smallest absolute Gasteiger partial charge is 0.338 e. The molecule has 4 nitrogen and oxygen atoms in total. The van der Waals surface area contributed by atoms with E-state index in [2.05, 4.69) is 10.6 Å². The number of halogens is 2. The minimum Gasteiger partial charge on any atom is -0.456 e. The van der Waals surface area contributed by atoms with Gasteiger partial charge in [0.05, 0.1) is 21.7 Å². The Hall–Kier alpha value is -1.30. The molecule has 1 aliphatic heterocycles. The SMILES string of the molecule is CC1=C(C(=O)OC(C)(C)C)C(c2cccc(Cl)c2Cl)NC(=S)N1. The number of hydrogen-bond acceptors (Lipinski definition) is 3. The van der Waals surface area contributed by atoms with Crippen molar-refractivity contribution in [3.8, 4) is 0 Å². The molecule has 1 atom stereocenters. The average molecular weight is 373 g/mol. The molecule has 2 rings (SSSR count). The zero-order chi connectivity index (χ0) is 17.4. The molecule has 1 aromatic rings. The van der Waals surface area contributed by atoms with Crippen LogP contribution in [0.4, 0.5) is 0 Å². The van der Waals surface area contributed by atoms with E-state index in [1.165, 1.54) is 0 Å². The number of allylic oxidation sites excluding steroid dienone is 1. The highest BCUT2D eigenvalue weighted by Gasteiger charge is 2.34. The van der Waals surface area contributed by atoms with E-state index in [9.17, 15) is 4.79 Å². The van der Waals surface area contributed by atoms with Crippen molar-refractivity contribution in [3.63, 3.8) is 0 Å². The molecular weight excluding hydrogens is 355 g/mol. The molecule has 0 saturated heterocycles. The van der Waals surface area contributed by atoms with E-state index in [1.54, 1.807) is 25.1 Å². The van der Waals surface area contributed by atoms with Crippen LogP contribution in [0.3, 0.4) is 0 Å². The van der Waals surface area contributed by atoms with E-state index in [1.807, 2.05) is 20.8 Å². The van der Waals surface area contributed by atoms with Gasteiger partial charge in [0.15, 0.2) is 5.11 Å². The molecule has 0 bridgehead atoms. The Bertz CT molecular complexity index is 696. The summed E-state index contributed by atoms with van der Waals surface area (Å²) in [6.45, 7) is 7.22. The molecule has 0 fully saturated rings. The van der Waals surface area contributed by atoms with Crippen molar-refractivity contribution in [1.82, 2.24) is 10.6 Å². The second-order valence-electron chi connectivity index (χ2n) is 6.22. The van der Waals surface area contributed by atoms with Gasteiger partial charge in [-0.2, -0.15) is 0 Å². The Kier molecular flexibility index (Phi) is 5.23. The minimum absolute atomic E-state index is 0.380. The fourth-order valence-corrected chi connectivity index (χ4v) is 2.96. The zero-order valence-electron chi connectivity index (χ0n) is 13.3. The molecular formula is C16H18Cl2N2O2S. The van der Waals surface area contributed by atoms with Crippen molar-refractivity contribution >= 4 is 46.5 Å². The van der Waals surface area contributed by atoms with Gasteiger partial charge >= 0.3 is 5.97 Å². The Labute approximate surface area is 151 Å². The number of nitrogens with one attached hydrogen (secondary N) is 2. The zero-order valence-corrected chi connectivity index (χ0v) is 15.6. The molecule has 0 aliphatic carbocycles. The van der Waals surface area contributed by atoms with Crippen molar-refractivity contribution in [1.29, 1.82) is 0 Å². The molecule has 124 valence electrons. The maximum Gasteiger partial charge on any atom is 0.338 e. The summed E-state index contributed by atoms with van der Waals surface area (Å²) in [5, 5.41) is 7.23. The first-order chi connectivity index (χ1) is 10.6. The lowest BCUT2D eigenvalue weighted by Crippen LogP contribution is -2.46. The summed E-state index contributed by atoms with van der Waals surface area (Å²) >= 11 is 17.6. The van der Waals surface area contributed by atoms with Crippen LogP contribution in [0.2, 0.25) is 10.0 Å². The first kappa shape index (κ1) is 18.0. The standard InChI is InChI=1S/C16H18Cl2N2O2S/c1-8-11(14(21)22-16(2,3)4)13(20-15(23)19-8)9-6-5-7-10(17)12(9)18/h5-7,13H,1-4H3,(H2,19,20,23). The lowest BCUT2D eigenvalue weighted by atomic mass is 9.95. The summed E-state index contributed by atoms with van der Waals surface area (Å²) in [5.41, 5.74) is 1.12. The van der Waals surface area contributed by atoms with E-state index in [0.29, 0.717) is 32.0 Å². The molecule has 0 spiro atoms. The molecule has 1 heterocycles. The molecule has 0 saturated carbocycles. The Morgan fingerprint density at radius 3 is 2.57 bits per heavy atom. The molecule has 0 radical (unpaired) electrons. The first-order valence-corrected chi connectivity index (χ1v) is 8.22. The van der Waals surface area contributed by atoms with Crippen LogP contribution in [-0.2, 0) is 9.53 Å². The fraction of sp³-hybridized carbons (Fsp3) is 0.375. The monoisotopic (exact) mass is 372 g/mol. The van der Waals surface area contributed by atoms with Crippen LogP contribution in [0.1, 0.15) is 39.3 Å². The highest BCUT2D eigenvalue weighted by atomic mass is 35.5. The third kappa shape index (κ3) is 4.16. The van der Waals surface area contributed by atoms with Gasteiger partial charge in [0, 0.05) is 5.70 Å². The highest BCUT2D eigenvalue weighted by molar-refractivity contribution is 7.80. The third-order valence-electron chi connectivity index (χ3n) is 3.18. The summed E-state index contributed by atoms with van der Waals surface area (Å²) in [6.07, 6.45) is 0. The Morgan fingerprint density at radius 1 is 1.30 bits per heavy atom. The largest absolute Gasteiger partial charge is 0.456 e. The van der Waals surface area contributed by atoms with Gasteiger partial charge in [0.1, 0.15) is 5.60 Å². The van der Waals surface area contributed by atoms with E-state index < -0.39 is 17.6 Å². The van der Waals surface area contributed by atoms with Crippen molar-refractivity contribution in [2.75, 3.05) is 0 Å². The molecule has 1 aromatic carbocycles.